The molecule has 0 aliphatic carbocycles. The minimum atomic E-state index is 0.356. The Morgan fingerprint density at radius 1 is 1.43 bits per heavy atom. The van der Waals surface area contributed by atoms with Gasteiger partial charge in [-0.15, -0.1) is 0 Å². The van der Waals surface area contributed by atoms with E-state index >= 15 is 0 Å². The van der Waals surface area contributed by atoms with E-state index in [1.54, 1.807) is 0 Å². The second kappa shape index (κ2) is 5.14. The Labute approximate surface area is 89.1 Å². The third-order valence-corrected chi connectivity index (χ3v) is 3.21. The summed E-state index contributed by atoms with van der Waals surface area (Å²) in [4.78, 5) is 4.08. The summed E-state index contributed by atoms with van der Waals surface area (Å²) in [6, 6.07) is 0.428. The molecular formula is C9H18N4S. The number of nitrogens with zero attached hydrogens (tertiary/aromatic N) is 2. The van der Waals surface area contributed by atoms with Gasteiger partial charge >= 0.3 is 0 Å². The average molecular weight is 214 g/mol. The maximum Gasteiger partial charge on any atom is 0.233 e. The Hall–Kier alpha value is -0.840. The van der Waals surface area contributed by atoms with E-state index in [0.29, 0.717) is 17.9 Å². The fourth-order valence-electron chi connectivity index (χ4n) is 1.60. The summed E-state index contributed by atoms with van der Waals surface area (Å²) < 4.78 is 3.93. The van der Waals surface area contributed by atoms with Crippen LogP contribution >= 0.6 is 11.5 Å². The van der Waals surface area contributed by atoms with Crippen molar-refractivity contribution in [1.29, 1.82) is 0 Å². The summed E-state index contributed by atoms with van der Waals surface area (Å²) in [6.07, 6.45) is 2.36. The van der Waals surface area contributed by atoms with Crippen LogP contribution in [0, 0.1) is 5.92 Å². The predicted octanol–water partition coefficient (Wildman–Crippen LogP) is 2.36. The maximum atomic E-state index is 5.44. The van der Waals surface area contributed by atoms with Crippen LogP contribution in [0.4, 0.5) is 11.1 Å². The van der Waals surface area contributed by atoms with Gasteiger partial charge in [0, 0.05) is 17.6 Å². The first-order valence-corrected chi connectivity index (χ1v) is 5.80. The molecule has 3 N–H and O–H groups in total. The van der Waals surface area contributed by atoms with Crippen molar-refractivity contribution < 1.29 is 0 Å². The standard InChI is InChI=1S/C9H18N4S/c1-4-7(5-2)6(3)11-9-12-8(10)13-14-9/h6-7H,4-5H2,1-3H3,(H3,10,11,12,13). The van der Waals surface area contributed by atoms with Crippen LogP contribution in [0.5, 0.6) is 0 Å². The molecule has 0 aliphatic rings. The van der Waals surface area contributed by atoms with Crippen LogP contribution in [0.3, 0.4) is 0 Å². The molecule has 1 atom stereocenters. The quantitative estimate of drug-likeness (QED) is 0.789. The summed E-state index contributed by atoms with van der Waals surface area (Å²) >= 11 is 1.32. The molecule has 1 rings (SSSR count). The Balaban J connectivity index is 2.51. The van der Waals surface area contributed by atoms with Gasteiger partial charge in [0.05, 0.1) is 0 Å². The highest BCUT2D eigenvalue weighted by molar-refractivity contribution is 7.09. The second-order valence-electron chi connectivity index (χ2n) is 3.47. The lowest BCUT2D eigenvalue weighted by Crippen LogP contribution is -2.24. The molecule has 0 radical (unpaired) electrons. The smallest absolute Gasteiger partial charge is 0.233 e. The van der Waals surface area contributed by atoms with Gasteiger partial charge in [0.15, 0.2) is 0 Å². The van der Waals surface area contributed by atoms with Gasteiger partial charge < -0.3 is 11.1 Å². The molecule has 0 saturated heterocycles. The Kier molecular flexibility index (Phi) is 4.13. The van der Waals surface area contributed by atoms with Crippen LogP contribution in [0.1, 0.15) is 33.6 Å². The van der Waals surface area contributed by atoms with Crippen molar-refractivity contribution in [2.24, 2.45) is 5.92 Å². The van der Waals surface area contributed by atoms with E-state index in [1.807, 2.05) is 0 Å². The lowest BCUT2D eigenvalue weighted by molar-refractivity contribution is 0.438. The van der Waals surface area contributed by atoms with Crippen molar-refractivity contribution in [3.63, 3.8) is 0 Å². The predicted molar refractivity (Wildman–Crippen MR) is 61.5 cm³/mol. The van der Waals surface area contributed by atoms with Crippen LogP contribution < -0.4 is 11.1 Å². The van der Waals surface area contributed by atoms with E-state index in [0.717, 1.165) is 5.13 Å². The number of anilines is 2. The van der Waals surface area contributed by atoms with Crippen LogP contribution in [0.2, 0.25) is 0 Å². The molecule has 80 valence electrons. The Bertz CT molecular complexity index is 270. The largest absolute Gasteiger partial charge is 0.367 e. The number of nitrogens with one attached hydrogen (secondary N) is 1. The van der Waals surface area contributed by atoms with Crippen molar-refractivity contribution in [3.05, 3.63) is 0 Å². The number of hydrogen-bond donors (Lipinski definition) is 2. The minimum Gasteiger partial charge on any atom is -0.367 e. The number of hydrogen-bond acceptors (Lipinski definition) is 5. The monoisotopic (exact) mass is 214 g/mol. The van der Waals surface area contributed by atoms with Gasteiger partial charge in [-0.3, -0.25) is 0 Å². The summed E-state index contributed by atoms with van der Waals surface area (Å²) in [7, 11) is 0. The normalized spacial score (nSPS) is 13.1. The first-order chi connectivity index (χ1) is 6.67. The van der Waals surface area contributed by atoms with Gasteiger partial charge in [0.25, 0.3) is 0 Å². The summed E-state index contributed by atoms with van der Waals surface area (Å²) in [5, 5.41) is 4.15. The van der Waals surface area contributed by atoms with E-state index in [9.17, 15) is 0 Å². The molecule has 1 heterocycles. The van der Waals surface area contributed by atoms with Crippen molar-refractivity contribution in [3.8, 4) is 0 Å². The summed E-state index contributed by atoms with van der Waals surface area (Å²) in [6.45, 7) is 6.59. The van der Waals surface area contributed by atoms with E-state index in [1.165, 1.54) is 24.4 Å². The number of rotatable bonds is 5. The molecule has 0 spiro atoms. The third kappa shape index (κ3) is 2.83. The summed E-state index contributed by atoms with van der Waals surface area (Å²) in [5.41, 5.74) is 5.44. The Morgan fingerprint density at radius 3 is 2.50 bits per heavy atom. The number of aromatic nitrogens is 2. The van der Waals surface area contributed by atoms with E-state index in [4.69, 9.17) is 5.73 Å². The zero-order valence-corrected chi connectivity index (χ0v) is 9.77. The highest BCUT2D eigenvalue weighted by Gasteiger charge is 2.14. The third-order valence-electron chi connectivity index (χ3n) is 2.55. The SMILES string of the molecule is CCC(CC)C(C)Nc1nc(N)ns1. The van der Waals surface area contributed by atoms with Crippen molar-refractivity contribution >= 4 is 22.6 Å². The van der Waals surface area contributed by atoms with E-state index < -0.39 is 0 Å². The van der Waals surface area contributed by atoms with E-state index in [-0.39, 0.29) is 0 Å². The van der Waals surface area contributed by atoms with Crippen molar-refractivity contribution in [2.75, 3.05) is 11.1 Å². The van der Waals surface area contributed by atoms with Gasteiger partial charge in [0.2, 0.25) is 11.1 Å². The molecule has 5 heteroatoms. The van der Waals surface area contributed by atoms with Gasteiger partial charge in [-0.1, -0.05) is 26.7 Å². The van der Waals surface area contributed by atoms with Crippen molar-refractivity contribution in [2.45, 2.75) is 39.7 Å². The molecule has 1 unspecified atom stereocenters. The van der Waals surface area contributed by atoms with Crippen molar-refractivity contribution in [1.82, 2.24) is 9.36 Å². The molecule has 0 aliphatic heterocycles. The fraction of sp³-hybridized carbons (Fsp3) is 0.778. The molecule has 0 saturated carbocycles. The molecule has 4 nitrogen and oxygen atoms in total. The highest BCUT2D eigenvalue weighted by atomic mass is 32.1. The first kappa shape index (κ1) is 11.2. The molecule has 1 aromatic rings. The first-order valence-electron chi connectivity index (χ1n) is 5.03. The lowest BCUT2D eigenvalue weighted by atomic mass is 9.96. The molecule has 14 heavy (non-hydrogen) atoms. The van der Waals surface area contributed by atoms with Crippen LogP contribution in [0.25, 0.3) is 0 Å². The Morgan fingerprint density at radius 2 is 2.07 bits per heavy atom. The maximum absolute atomic E-state index is 5.44. The molecule has 0 fully saturated rings. The second-order valence-corrected chi connectivity index (χ2v) is 4.22. The van der Waals surface area contributed by atoms with Crippen LogP contribution in [0.15, 0.2) is 0 Å². The topological polar surface area (TPSA) is 63.8 Å². The average Bonchev–Trinajstić information content (AvgIpc) is 2.53. The highest BCUT2D eigenvalue weighted by Crippen LogP contribution is 2.19. The fourth-order valence-corrected chi connectivity index (χ4v) is 2.20. The molecule has 1 aromatic heterocycles. The summed E-state index contributed by atoms with van der Waals surface area (Å²) in [5.74, 6) is 1.04. The molecule has 0 aromatic carbocycles. The molecule has 0 amide bonds. The molecular weight excluding hydrogens is 196 g/mol. The zero-order valence-electron chi connectivity index (χ0n) is 8.95. The number of nitrogen functional groups attached to an aromatic ring is 1. The van der Waals surface area contributed by atoms with Gasteiger partial charge in [-0.2, -0.15) is 9.36 Å². The van der Waals surface area contributed by atoms with E-state index in [2.05, 4.69) is 35.4 Å². The van der Waals surface area contributed by atoms with Gasteiger partial charge in [-0.25, -0.2) is 0 Å². The molecule has 0 bridgehead atoms. The lowest BCUT2D eigenvalue weighted by Gasteiger charge is -2.21. The van der Waals surface area contributed by atoms with Gasteiger partial charge in [0.1, 0.15) is 0 Å². The zero-order chi connectivity index (χ0) is 10.6. The minimum absolute atomic E-state index is 0.356. The van der Waals surface area contributed by atoms with Crippen LogP contribution in [-0.4, -0.2) is 15.4 Å². The van der Waals surface area contributed by atoms with Gasteiger partial charge in [-0.05, 0) is 12.8 Å². The number of nitrogens with two attached hydrogens (primary N) is 1. The van der Waals surface area contributed by atoms with Crippen LogP contribution in [-0.2, 0) is 0 Å².